The van der Waals surface area contributed by atoms with E-state index in [1.807, 2.05) is 6.08 Å². The molecule has 23 heavy (non-hydrogen) atoms. The lowest BCUT2D eigenvalue weighted by Gasteiger charge is -2.38. The van der Waals surface area contributed by atoms with Gasteiger partial charge in [0, 0.05) is 32.7 Å². The van der Waals surface area contributed by atoms with E-state index < -0.39 is 0 Å². The van der Waals surface area contributed by atoms with Crippen molar-refractivity contribution in [3.8, 4) is 0 Å². The standard InChI is InChI=1S/C16H28N6.ClH/c1-3-9-20-10-12-21(13-11-20)15(4-2)16-17-18-19-22(16)14-7-5-6-8-14;/h3,14-15H,1,4-13H2,2H3;1H. The van der Waals surface area contributed by atoms with Gasteiger partial charge in [-0.05, 0) is 29.7 Å². The van der Waals surface area contributed by atoms with Crippen molar-refractivity contribution in [2.45, 2.75) is 51.1 Å². The van der Waals surface area contributed by atoms with Crippen molar-refractivity contribution < 1.29 is 0 Å². The average molecular weight is 341 g/mol. The third-order valence-electron chi connectivity index (χ3n) is 5.11. The first-order valence-electron chi connectivity index (χ1n) is 8.68. The number of aromatic nitrogens is 4. The number of nitrogens with zero attached hydrogens (tertiary/aromatic N) is 6. The van der Waals surface area contributed by atoms with Gasteiger partial charge in [0.15, 0.2) is 5.82 Å². The molecule has 1 saturated heterocycles. The van der Waals surface area contributed by atoms with Crippen LogP contribution in [-0.2, 0) is 0 Å². The van der Waals surface area contributed by atoms with E-state index in [1.54, 1.807) is 0 Å². The topological polar surface area (TPSA) is 50.1 Å². The monoisotopic (exact) mass is 340 g/mol. The zero-order chi connectivity index (χ0) is 15.4. The van der Waals surface area contributed by atoms with Gasteiger partial charge in [0.25, 0.3) is 0 Å². The first kappa shape index (κ1) is 18.4. The minimum absolute atomic E-state index is 0. The molecule has 1 aromatic heterocycles. The summed E-state index contributed by atoms with van der Waals surface area (Å²) in [5.41, 5.74) is 0. The van der Waals surface area contributed by atoms with E-state index in [2.05, 4.69) is 43.5 Å². The molecular formula is C16H29ClN6. The first-order valence-corrected chi connectivity index (χ1v) is 8.68. The Balaban J connectivity index is 0.00000192. The van der Waals surface area contributed by atoms with Crippen molar-refractivity contribution >= 4 is 12.4 Å². The van der Waals surface area contributed by atoms with Crippen molar-refractivity contribution in [1.29, 1.82) is 0 Å². The van der Waals surface area contributed by atoms with Crippen molar-refractivity contribution in [1.82, 2.24) is 30.0 Å². The van der Waals surface area contributed by atoms with Crippen LogP contribution in [0.25, 0.3) is 0 Å². The average Bonchev–Trinajstić information content (AvgIpc) is 3.20. The summed E-state index contributed by atoms with van der Waals surface area (Å²) in [4.78, 5) is 5.01. The Morgan fingerprint density at radius 2 is 1.91 bits per heavy atom. The maximum Gasteiger partial charge on any atom is 0.168 e. The lowest BCUT2D eigenvalue weighted by atomic mass is 10.1. The Kier molecular flexibility index (Phi) is 6.99. The second kappa shape index (κ2) is 8.76. The molecule has 1 atom stereocenters. The van der Waals surface area contributed by atoms with Crippen LogP contribution in [0.15, 0.2) is 12.7 Å². The lowest BCUT2D eigenvalue weighted by molar-refractivity contribution is 0.0937. The normalized spacial score (nSPS) is 22.0. The van der Waals surface area contributed by atoms with Crippen molar-refractivity contribution in [2.24, 2.45) is 0 Å². The van der Waals surface area contributed by atoms with Gasteiger partial charge in [0.05, 0.1) is 12.1 Å². The van der Waals surface area contributed by atoms with E-state index >= 15 is 0 Å². The molecule has 2 fully saturated rings. The van der Waals surface area contributed by atoms with Crippen LogP contribution < -0.4 is 0 Å². The molecule has 1 saturated carbocycles. The van der Waals surface area contributed by atoms with Gasteiger partial charge >= 0.3 is 0 Å². The quantitative estimate of drug-likeness (QED) is 0.744. The Morgan fingerprint density at radius 1 is 1.22 bits per heavy atom. The molecule has 130 valence electrons. The van der Waals surface area contributed by atoms with Crippen LogP contribution in [0.1, 0.15) is 56.9 Å². The summed E-state index contributed by atoms with van der Waals surface area (Å²) in [6.07, 6.45) is 8.12. The summed E-state index contributed by atoms with van der Waals surface area (Å²) in [5.74, 6) is 1.08. The number of rotatable bonds is 6. The van der Waals surface area contributed by atoms with Crippen LogP contribution >= 0.6 is 12.4 Å². The van der Waals surface area contributed by atoms with Gasteiger partial charge in [-0.15, -0.1) is 24.1 Å². The van der Waals surface area contributed by atoms with E-state index in [1.165, 1.54) is 25.7 Å². The number of hydrogen-bond acceptors (Lipinski definition) is 5. The van der Waals surface area contributed by atoms with Gasteiger partial charge in [-0.25, -0.2) is 4.68 Å². The van der Waals surface area contributed by atoms with Crippen molar-refractivity contribution in [3.05, 3.63) is 18.5 Å². The third kappa shape index (κ3) is 4.11. The summed E-state index contributed by atoms with van der Waals surface area (Å²) in [6.45, 7) is 11.5. The Morgan fingerprint density at radius 3 is 2.52 bits per heavy atom. The molecule has 6 nitrogen and oxygen atoms in total. The van der Waals surface area contributed by atoms with E-state index in [-0.39, 0.29) is 12.4 Å². The molecule has 7 heteroatoms. The highest BCUT2D eigenvalue weighted by Gasteiger charge is 2.30. The number of hydrogen-bond donors (Lipinski definition) is 0. The fourth-order valence-electron chi connectivity index (χ4n) is 3.87. The highest BCUT2D eigenvalue weighted by atomic mass is 35.5. The summed E-state index contributed by atoms with van der Waals surface area (Å²) in [5, 5.41) is 12.7. The summed E-state index contributed by atoms with van der Waals surface area (Å²) < 4.78 is 2.12. The molecule has 1 aromatic rings. The fraction of sp³-hybridized carbons (Fsp3) is 0.812. The first-order chi connectivity index (χ1) is 10.8. The van der Waals surface area contributed by atoms with Crippen LogP contribution in [0.2, 0.25) is 0 Å². The van der Waals surface area contributed by atoms with E-state index in [9.17, 15) is 0 Å². The Hall–Kier alpha value is -0.980. The molecule has 3 rings (SSSR count). The molecule has 1 aliphatic heterocycles. The highest BCUT2D eigenvalue weighted by molar-refractivity contribution is 5.85. The number of halogens is 1. The second-order valence-corrected chi connectivity index (χ2v) is 6.47. The molecule has 0 radical (unpaired) electrons. The molecular weight excluding hydrogens is 312 g/mol. The van der Waals surface area contributed by atoms with Crippen LogP contribution in [0.3, 0.4) is 0 Å². The largest absolute Gasteiger partial charge is 0.297 e. The molecule has 0 bridgehead atoms. The molecule has 2 aliphatic rings. The van der Waals surface area contributed by atoms with Crippen molar-refractivity contribution in [2.75, 3.05) is 32.7 Å². The zero-order valence-corrected chi connectivity index (χ0v) is 14.9. The minimum atomic E-state index is 0. The maximum absolute atomic E-state index is 4.39. The second-order valence-electron chi connectivity index (χ2n) is 6.47. The summed E-state index contributed by atoms with van der Waals surface area (Å²) >= 11 is 0. The maximum atomic E-state index is 4.39. The molecule has 0 amide bonds. The van der Waals surface area contributed by atoms with Gasteiger partial charge in [0.1, 0.15) is 0 Å². The van der Waals surface area contributed by atoms with Gasteiger partial charge in [-0.3, -0.25) is 9.80 Å². The van der Waals surface area contributed by atoms with Crippen LogP contribution in [0.4, 0.5) is 0 Å². The minimum Gasteiger partial charge on any atom is -0.297 e. The molecule has 0 N–H and O–H groups in total. The number of tetrazole rings is 1. The molecule has 0 aromatic carbocycles. The predicted molar refractivity (Wildman–Crippen MR) is 93.8 cm³/mol. The smallest absolute Gasteiger partial charge is 0.168 e. The van der Waals surface area contributed by atoms with Crippen LogP contribution in [0.5, 0.6) is 0 Å². The number of piperazine rings is 1. The summed E-state index contributed by atoms with van der Waals surface area (Å²) in [7, 11) is 0. The van der Waals surface area contributed by atoms with E-state index in [0.717, 1.165) is 45.0 Å². The molecule has 2 heterocycles. The lowest BCUT2D eigenvalue weighted by Crippen LogP contribution is -2.48. The SMILES string of the molecule is C=CCN1CCN(C(CC)c2nnnn2C2CCCC2)CC1.Cl. The van der Waals surface area contributed by atoms with E-state index in [4.69, 9.17) is 0 Å². The van der Waals surface area contributed by atoms with Crippen LogP contribution in [0, 0.1) is 0 Å². The third-order valence-corrected chi connectivity index (χ3v) is 5.11. The molecule has 0 spiro atoms. The highest BCUT2D eigenvalue weighted by Crippen LogP contribution is 2.32. The Bertz CT molecular complexity index is 477. The zero-order valence-electron chi connectivity index (χ0n) is 14.1. The van der Waals surface area contributed by atoms with Gasteiger partial charge in [-0.2, -0.15) is 0 Å². The van der Waals surface area contributed by atoms with Gasteiger partial charge < -0.3 is 0 Å². The van der Waals surface area contributed by atoms with Gasteiger partial charge in [0.2, 0.25) is 0 Å². The Labute approximate surface area is 145 Å². The predicted octanol–water partition coefficient (Wildman–Crippen LogP) is 2.46. The van der Waals surface area contributed by atoms with Crippen molar-refractivity contribution in [3.63, 3.8) is 0 Å². The molecule has 1 aliphatic carbocycles. The summed E-state index contributed by atoms with van der Waals surface area (Å²) in [6, 6.07) is 0.864. The van der Waals surface area contributed by atoms with Crippen LogP contribution in [-0.4, -0.2) is 62.7 Å². The van der Waals surface area contributed by atoms with E-state index in [0.29, 0.717) is 12.1 Å². The molecule has 1 unspecified atom stereocenters. The fourth-order valence-corrected chi connectivity index (χ4v) is 3.87. The van der Waals surface area contributed by atoms with Gasteiger partial charge in [-0.1, -0.05) is 25.8 Å².